The van der Waals surface area contributed by atoms with E-state index in [2.05, 4.69) is 59.7 Å². The molecule has 1 saturated heterocycles. The van der Waals surface area contributed by atoms with Crippen LogP contribution >= 0.6 is 27.3 Å². The number of fused-ring (bicyclic) bond motifs is 1. The number of aryl methyl sites for hydroxylation is 1. The van der Waals surface area contributed by atoms with Gasteiger partial charge in [-0.3, -0.25) is 4.98 Å². The lowest BCUT2D eigenvalue weighted by atomic mass is 10.2. The smallest absolute Gasteiger partial charge is 0.140 e. The van der Waals surface area contributed by atoms with E-state index in [9.17, 15) is 0 Å². The zero-order chi connectivity index (χ0) is 15.8. The maximum absolute atomic E-state index is 4.54. The average molecular weight is 390 g/mol. The van der Waals surface area contributed by atoms with Crippen LogP contribution < -0.4 is 9.80 Å². The molecule has 0 saturated carbocycles. The van der Waals surface area contributed by atoms with Crippen LogP contribution in [0, 0.1) is 6.92 Å². The van der Waals surface area contributed by atoms with Crippen molar-refractivity contribution in [2.75, 3.05) is 36.0 Å². The van der Waals surface area contributed by atoms with Crippen molar-refractivity contribution < 1.29 is 0 Å². The Bertz CT molecular complexity index is 841. The Kier molecular flexibility index (Phi) is 3.90. The van der Waals surface area contributed by atoms with Gasteiger partial charge in [-0.05, 0) is 35.0 Å². The van der Waals surface area contributed by atoms with Gasteiger partial charge in [0.25, 0.3) is 0 Å². The van der Waals surface area contributed by atoms with E-state index in [4.69, 9.17) is 0 Å². The first-order chi connectivity index (χ1) is 11.2. The number of halogens is 1. The van der Waals surface area contributed by atoms with E-state index >= 15 is 0 Å². The summed E-state index contributed by atoms with van der Waals surface area (Å²) in [5.74, 6) is 1.06. The molecule has 23 heavy (non-hydrogen) atoms. The van der Waals surface area contributed by atoms with Gasteiger partial charge in [0.15, 0.2) is 0 Å². The third-order valence-corrected chi connectivity index (χ3v) is 5.46. The number of aromatic nitrogens is 3. The third kappa shape index (κ3) is 2.90. The summed E-state index contributed by atoms with van der Waals surface area (Å²) in [7, 11) is 0. The Labute approximate surface area is 147 Å². The van der Waals surface area contributed by atoms with Crippen molar-refractivity contribution in [1.82, 2.24) is 15.0 Å². The van der Waals surface area contributed by atoms with Crippen LogP contribution in [0.3, 0.4) is 0 Å². The van der Waals surface area contributed by atoms with Crippen molar-refractivity contribution in [3.05, 3.63) is 40.2 Å². The highest BCUT2D eigenvalue weighted by molar-refractivity contribution is 9.10. The largest absolute Gasteiger partial charge is 0.367 e. The van der Waals surface area contributed by atoms with Crippen LogP contribution in [-0.4, -0.2) is 41.1 Å². The average Bonchev–Trinajstić information content (AvgIpc) is 2.95. The lowest BCUT2D eigenvalue weighted by Gasteiger charge is -2.36. The van der Waals surface area contributed by atoms with E-state index in [0.717, 1.165) is 41.3 Å². The number of anilines is 2. The summed E-state index contributed by atoms with van der Waals surface area (Å²) < 4.78 is 1.02. The summed E-state index contributed by atoms with van der Waals surface area (Å²) in [6.07, 6.45) is 5.42. The molecule has 1 aliphatic rings. The molecule has 3 aromatic rings. The molecule has 4 rings (SSSR count). The molecule has 1 aliphatic heterocycles. The van der Waals surface area contributed by atoms with Gasteiger partial charge in [0.1, 0.15) is 17.0 Å². The van der Waals surface area contributed by atoms with Crippen molar-refractivity contribution in [2.45, 2.75) is 6.92 Å². The van der Waals surface area contributed by atoms with Crippen molar-refractivity contribution in [3.8, 4) is 0 Å². The van der Waals surface area contributed by atoms with E-state index in [1.807, 2.05) is 12.4 Å². The Hall–Kier alpha value is -1.73. The Morgan fingerprint density at radius 2 is 1.83 bits per heavy atom. The maximum atomic E-state index is 4.54. The molecule has 0 radical (unpaired) electrons. The van der Waals surface area contributed by atoms with Gasteiger partial charge >= 0.3 is 0 Å². The van der Waals surface area contributed by atoms with Crippen LogP contribution in [0.2, 0.25) is 0 Å². The highest BCUT2D eigenvalue weighted by Gasteiger charge is 2.21. The van der Waals surface area contributed by atoms with Crippen LogP contribution in [0.25, 0.3) is 10.2 Å². The fraction of sp³-hybridized carbons (Fsp3) is 0.312. The van der Waals surface area contributed by atoms with E-state index in [1.54, 1.807) is 17.7 Å². The lowest BCUT2D eigenvalue weighted by Crippen LogP contribution is -2.47. The molecule has 0 aliphatic carbocycles. The second-order valence-corrected chi connectivity index (χ2v) is 7.76. The van der Waals surface area contributed by atoms with Gasteiger partial charge in [0, 0.05) is 41.7 Å². The molecule has 0 atom stereocenters. The summed E-state index contributed by atoms with van der Waals surface area (Å²) in [4.78, 5) is 20.3. The Morgan fingerprint density at radius 3 is 2.61 bits per heavy atom. The molecular formula is C16H16BrN5S. The Balaban J connectivity index is 1.55. The minimum Gasteiger partial charge on any atom is -0.367 e. The molecule has 4 heterocycles. The van der Waals surface area contributed by atoms with Gasteiger partial charge in [-0.2, -0.15) is 0 Å². The number of hydrogen-bond acceptors (Lipinski definition) is 6. The number of hydrogen-bond donors (Lipinski definition) is 0. The van der Waals surface area contributed by atoms with Gasteiger partial charge in [-0.25, -0.2) is 9.97 Å². The molecule has 7 heteroatoms. The predicted octanol–water partition coefficient (Wildman–Crippen LogP) is 3.48. The minimum atomic E-state index is 0.952. The van der Waals surface area contributed by atoms with Crippen LogP contribution in [-0.2, 0) is 0 Å². The first kappa shape index (κ1) is 14.8. The van der Waals surface area contributed by atoms with Crippen molar-refractivity contribution in [3.63, 3.8) is 0 Å². The molecule has 0 N–H and O–H groups in total. The third-order valence-electron chi connectivity index (χ3n) is 4.07. The minimum absolute atomic E-state index is 0.952. The van der Waals surface area contributed by atoms with E-state index in [-0.39, 0.29) is 0 Å². The highest BCUT2D eigenvalue weighted by atomic mass is 79.9. The predicted molar refractivity (Wildman–Crippen MR) is 98.5 cm³/mol. The zero-order valence-corrected chi connectivity index (χ0v) is 15.1. The van der Waals surface area contributed by atoms with Gasteiger partial charge in [-0.15, -0.1) is 11.3 Å². The summed E-state index contributed by atoms with van der Waals surface area (Å²) in [6, 6.07) is 4.31. The first-order valence-corrected chi connectivity index (χ1v) is 9.13. The SMILES string of the molecule is Cc1cc2c(N3CCN(c4cncc(Br)c4)CC3)ncnc2s1. The van der Waals surface area contributed by atoms with Crippen LogP contribution in [0.15, 0.2) is 35.3 Å². The second kappa shape index (κ2) is 6.05. The Morgan fingerprint density at radius 1 is 1.04 bits per heavy atom. The fourth-order valence-corrected chi connectivity index (χ4v) is 4.16. The molecule has 0 aromatic carbocycles. The molecule has 0 amide bonds. The monoisotopic (exact) mass is 389 g/mol. The number of thiophene rings is 1. The molecule has 1 fully saturated rings. The molecule has 3 aromatic heterocycles. The molecule has 118 valence electrons. The van der Waals surface area contributed by atoms with E-state index in [0.29, 0.717) is 0 Å². The number of rotatable bonds is 2. The van der Waals surface area contributed by atoms with Crippen molar-refractivity contribution in [1.29, 1.82) is 0 Å². The maximum Gasteiger partial charge on any atom is 0.140 e. The van der Waals surface area contributed by atoms with Crippen LogP contribution in [0.1, 0.15) is 4.88 Å². The summed E-state index contributed by atoms with van der Waals surface area (Å²) in [6.45, 7) is 5.95. The topological polar surface area (TPSA) is 45.2 Å². The zero-order valence-electron chi connectivity index (χ0n) is 12.7. The lowest BCUT2D eigenvalue weighted by molar-refractivity contribution is 0.648. The highest BCUT2D eigenvalue weighted by Crippen LogP contribution is 2.30. The molecule has 0 unspecified atom stereocenters. The van der Waals surface area contributed by atoms with Gasteiger partial charge in [0.2, 0.25) is 0 Å². The fourth-order valence-electron chi connectivity index (χ4n) is 2.97. The molecule has 0 spiro atoms. The molecule has 0 bridgehead atoms. The van der Waals surface area contributed by atoms with Crippen molar-refractivity contribution >= 4 is 49.0 Å². The standard InChI is InChI=1S/C16H16BrN5S/c1-11-6-14-15(19-10-20-16(14)23-11)22-4-2-21(3-5-22)13-7-12(17)8-18-9-13/h6-10H,2-5H2,1H3. The summed E-state index contributed by atoms with van der Waals surface area (Å²) >= 11 is 5.22. The summed E-state index contributed by atoms with van der Waals surface area (Å²) in [5, 5.41) is 1.17. The quantitative estimate of drug-likeness (QED) is 0.671. The van der Waals surface area contributed by atoms with Crippen LogP contribution in [0.4, 0.5) is 11.5 Å². The number of pyridine rings is 1. The van der Waals surface area contributed by atoms with E-state index < -0.39 is 0 Å². The van der Waals surface area contributed by atoms with Crippen molar-refractivity contribution in [2.24, 2.45) is 0 Å². The second-order valence-electron chi connectivity index (χ2n) is 5.61. The van der Waals surface area contributed by atoms with Gasteiger partial charge < -0.3 is 9.80 Å². The molecular weight excluding hydrogens is 374 g/mol. The first-order valence-electron chi connectivity index (χ1n) is 7.52. The normalized spacial score (nSPS) is 15.4. The van der Waals surface area contributed by atoms with E-state index in [1.165, 1.54) is 16.0 Å². The number of nitrogens with zero attached hydrogens (tertiary/aromatic N) is 5. The van der Waals surface area contributed by atoms with Gasteiger partial charge in [0.05, 0.1) is 17.3 Å². The van der Waals surface area contributed by atoms with Crippen LogP contribution in [0.5, 0.6) is 0 Å². The molecule has 5 nitrogen and oxygen atoms in total. The summed E-state index contributed by atoms with van der Waals surface area (Å²) in [5.41, 5.74) is 1.17. The van der Waals surface area contributed by atoms with Gasteiger partial charge in [-0.1, -0.05) is 0 Å². The number of piperazine rings is 1.